The predicted molar refractivity (Wildman–Crippen MR) is 112 cm³/mol. The van der Waals surface area contributed by atoms with Gasteiger partial charge in [-0.2, -0.15) is 5.10 Å². The molecule has 28 heavy (non-hydrogen) atoms. The largest absolute Gasteiger partial charge is 0.357 e. The first-order valence-corrected chi connectivity index (χ1v) is 10.1. The Morgan fingerprint density at radius 1 is 1.25 bits per heavy atom. The fourth-order valence-corrected chi connectivity index (χ4v) is 3.25. The summed E-state index contributed by atoms with van der Waals surface area (Å²) in [4.78, 5) is 18.4. The number of nitrogens with zero attached hydrogens (tertiary/aromatic N) is 4. The molecule has 2 N–H and O–H groups in total. The van der Waals surface area contributed by atoms with Crippen molar-refractivity contribution in [2.75, 3.05) is 24.5 Å². The third kappa shape index (κ3) is 5.58. The van der Waals surface area contributed by atoms with Gasteiger partial charge in [-0.15, -0.1) is 0 Å². The van der Waals surface area contributed by atoms with Gasteiger partial charge in [0.25, 0.3) is 0 Å². The van der Waals surface area contributed by atoms with Gasteiger partial charge in [-0.3, -0.25) is 9.48 Å². The number of nitrogens with one attached hydrogen (secondary N) is 2. The highest BCUT2D eigenvalue weighted by Crippen LogP contribution is 2.21. The molecule has 1 aliphatic heterocycles. The summed E-state index contributed by atoms with van der Waals surface area (Å²) in [5.74, 6) is 1.03. The normalized spacial score (nSPS) is 14.6. The number of aryl methyl sites for hydroxylation is 2. The van der Waals surface area contributed by atoms with E-state index < -0.39 is 0 Å². The standard InChI is InChI=1S/C21H30N6O/c1-3-22-21(23-11-5-12-26-16-17(2)14-25-26)24-15-18-7-9-19(10-8-18)27-13-4-6-20(27)28/h7-10,14,16H,3-6,11-13,15H2,1-2H3,(H2,22,23,24). The Balaban J connectivity index is 1.48. The Kier molecular flexibility index (Phi) is 7.06. The van der Waals surface area contributed by atoms with Gasteiger partial charge in [0.1, 0.15) is 0 Å². The zero-order valence-corrected chi connectivity index (χ0v) is 16.8. The molecule has 0 radical (unpaired) electrons. The molecule has 1 aliphatic rings. The second-order valence-electron chi connectivity index (χ2n) is 7.07. The van der Waals surface area contributed by atoms with E-state index in [9.17, 15) is 4.79 Å². The number of carbonyl (C=O) groups excluding carboxylic acids is 1. The molecule has 1 amide bonds. The summed E-state index contributed by atoms with van der Waals surface area (Å²) in [6, 6.07) is 8.13. The highest BCUT2D eigenvalue weighted by molar-refractivity contribution is 5.95. The van der Waals surface area contributed by atoms with Crippen molar-refractivity contribution in [3.8, 4) is 0 Å². The second-order valence-corrected chi connectivity index (χ2v) is 7.07. The molecule has 0 atom stereocenters. The van der Waals surface area contributed by atoms with Crippen LogP contribution in [0.2, 0.25) is 0 Å². The Labute approximate surface area is 166 Å². The van der Waals surface area contributed by atoms with Gasteiger partial charge in [0, 0.05) is 44.5 Å². The third-order valence-electron chi connectivity index (χ3n) is 4.70. The van der Waals surface area contributed by atoms with Crippen LogP contribution in [0.1, 0.15) is 37.3 Å². The summed E-state index contributed by atoms with van der Waals surface area (Å²) in [7, 11) is 0. The molecule has 0 unspecified atom stereocenters. The summed E-state index contributed by atoms with van der Waals surface area (Å²) >= 11 is 0. The zero-order valence-electron chi connectivity index (χ0n) is 16.8. The minimum Gasteiger partial charge on any atom is -0.357 e. The molecular formula is C21H30N6O. The van der Waals surface area contributed by atoms with Gasteiger partial charge in [-0.1, -0.05) is 12.1 Å². The molecule has 1 aromatic carbocycles. The van der Waals surface area contributed by atoms with Gasteiger partial charge in [0.15, 0.2) is 5.96 Å². The number of aliphatic imine (C=N–C) groups is 1. The number of guanidine groups is 1. The summed E-state index contributed by atoms with van der Waals surface area (Å²) in [6.45, 7) is 8.07. The molecular weight excluding hydrogens is 352 g/mol. The van der Waals surface area contributed by atoms with E-state index in [2.05, 4.69) is 33.8 Å². The van der Waals surface area contributed by atoms with Crippen LogP contribution in [0.25, 0.3) is 0 Å². The lowest BCUT2D eigenvalue weighted by Gasteiger charge is -2.16. The van der Waals surface area contributed by atoms with Crippen LogP contribution in [0.3, 0.4) is 0 Å². The fourth-order valence-electron chi connectivity index (χ4n) is 3.25. The lowest BCUT2D eigenvalue weighted by molar-refractivity contribution is -0.117. The van der Waals surface area contributed by atoms with Crippen molar-refractivity contribution in [2.24, 2.45) is 4.99 Å². The van der Waals surface area contributed by atoms with Crippen molar-refractivity contribution < 1.29 is 4.79 Å². The van der Waals surface area contributed by atoms with Gasteiger partial charge in [0.05, 0.1) is 12.7 Å². The highest BCUT2D eigenvalue weighted by atomic mass is 16.2. The molecule has 7 nitrogen and oxygen atoms in total. The molecule has 7 heteroatoms. The smallest absolute Gasteiger partial charge is 0.227 e. The van der Waals surface area contributed by atoms with Crippen LogP contribution in [0.4, 0.5) is 5.69 Å². The van der Waals surface area contributed by atoms with Gasteiger partial charge >= 0.3 is 0 Å². The van der Waals surface area contributed by atoms with E-state index in [-0.39, 0.29) is 5.91 Å². The van der Waals surface area contributed by atoms with Crippen molar-refractivity contribution in [1.29, 1.82) is 0 Å². The van der Waals surface area contributed by atoms with E-state index in [0.29, 0.717) is 13.0 Å². The first kappa shape index (κ1) is 19.9. The molecule has 0 aliphatic carbocycles. The van der Waals surface area contributed by atoms with Gasteiger partial charge in [0.2, 0.25) is 5.91 Å². The third-order valence-corrected chi connectivity index (χ3v) is 4.70. The van der Waals surface area contributed by atoms with Crippen LogP contribution in [0, 0.1) is 6.92 Å². The molecule has 3 rings (SSSR count). The van der Waals surface area contributed by atoms with E-state index in [1.165, 1.54) is 5.56 Å². The Morgan fingerprint density at radius 2 is 2.07 bits per heavy atom. The molecule has 150 valence electrons. The number of amides is 1. The SMILES string of the molecule is CCNC(=NCc1ccc(N2CCCC2=O)cc1)NCCCn1cc(C)cn1. The van der Waals surface area contributed by atoms with E-state index in [4.69, 9.17) is 0 Å². The quantitative estimate of drug-likeness (QED) is 0.418. The Morgan fingerprint density at radius 3 is 2.71 bits per heavy atom. The lowest BCUT2D eigenvalue weighted by atomic mass is 10.2. The second kappa shape index (κ2) is 9.92. The minimum absolute atomic E-state index is 0.217. The zero-order chi connectivity index (χ0) is 19.8. The molecule has 1 aromatic heterocycles. The van der Waals surface area contributed by atoms with E-state index in [1.807, 2.05) is 47.0 Å². The average Bonchev–Trinajstić information content (AvgIpc) is 3.31. The average molecular weight is 383 g/mol. The van der Waals surface area contributed by atoms with E-state index >= 15 is 0 Å². The molecule has 0 spiro atoms. The summed E-state index contributed by atoms with van der Waals surface area (Å²) in [6.07, 6.45) is 6.51. The predicted octanol–water partition coefficient (Wildman–Crippen LogP) is 2.46. The van der Waals surface area contributed by atoms with Crippen LogP contribution in [-0.2, 0) is 17.9 Å². The van der Waals surface area contributed by atoms with Crippen LogP contribution >= 0.6 is 0 Å². The minimum atomic E-state index is 0.217. The molecule has 0 saturated carbocycles. The van der Waals surface area contributed by atoms with Crippen LogP contribution in [-0.4, -0.2) is 41.3 Å². The van der Waals surface area contributed by atoms with Crippen LogP contribution < -0.4 is 15.5 Å². The van der Waals surface area contributed by atoms with Crippen molar-refractivity contribution >= 4 is 17.6 Å². The number of benzene rings is 1. The van der Waals surface area contributed by atoms with Crippen molar-refractivity contribution in [3.05, 3.63) is 47.8 Å². The summed E-state index contributed by atoms with van der Waals surface area (Å²) < 4.78 is 1.97. The first-order chi connectivity index (χ1) is 13.7. The monoisotopic (exact) mass is 382 g/mol. The molecule has 2 heterocycles. The van der Waals surface area contributed by atoms with Crippen molar-refractivity contribution in [2.45, 2.75) is 46.2 Å². The van der Waals surface area contributed by atoms with Gasteiger partial charge in [-0.25, -0.2) is 4.99 Å². The topological polar surface area (TPSA) is 74.6 Å². The fraction of sp³-hybridized carbons (Fsp3) is 0.476. The van der Waals surface area contributed by atoms with Crippen LogP contribution in [0.15, 0.2) is 41.7 Å². The maximum absolute atomic E-state index is 11.8. The van der Waals surface area contributed by atoms with E-state index in [1.54, 1.807) is 0 Å². The van der Waals surface area contributed by atoms with E-state index in [0.717, 1.165) is 56.2 Å². The Bertz CT molecular complexity index is 795. The number of anilines is 1. The number of aromatic nitrogens is 2. The molecule has 2 aromatic rings. The van der Waals surface area contributed by atoms with Crippen LogP contribution in [0.5, 0.6) is 0 Å². The summed E-state index contributed by atoms with van der Waals surface area (Å²) in [5, 5.41) is 11.0. The number of rotatable bonds is 8. The number of hydrogen-bond donors (Lipinski definition) is 2. The molecule has 0 bridgehead atoms. The summed E-state index contributed by atoms with van der Waals surface area (Å²) in [5.41, 5.74) is 3.29. The number of hydrogen-bond acceptors (Lipinski definition) is 3. The molecule has 1 saturated heterocycles. The van der Waals surface area contributed by atoms with Crippen molar-refractivity contribution in [3.63, 3.8) is 0 Å². The highest BCUT2D eigenvalue weighted by Gasteiger charge is 2.21. The Hall–Kier alpha value is -2.83. The van der Waals surface area contributed by atoms with Gasteiger partial charge < -0.3 is 15.5 Å². The molecule has 1 fully saturated rings. The lowest BCUT2D eigenvalue weighted by Crippen LogP contribution is -2.38. The number of carbonyl (C=O) groups is 1. The maximum Gasteiger partial charge on any atom is 0.227 e. The van der Waals surface area contributed by atoms with Crippen molar-refractivity contribution in [1.82, 2.24) is 20.4 Å². The first-order valence-electron chi connectivity index (χ1n) is 10.1. The maximum atomic E-state index is 11.8. The van der Waals surface area contributed by atoms with Gasteiger partial charge in [-0.05, 0) is 49.9 Å².